The van der Waals surface area contributed by atoms with Gasteiger partial charge in [0, 0.05) is 62.4 Å². The highest BCUT2D eigenvalue weighted by atomic mass is 16.2. The van der Waals surface area contributed by atoms with Crippen LogP contribution in [0, 0.1) is 12.8 Å². The van der Waals surface area contributed by atoms with Crippen molar-refractivity contribution < 1.29 is 4.79 Å². The lowest BCUT2D eigenvalue weighted by molar-refractivity contribution is 0.0943. The quantitative estimate of drug-likeness (QED) is 0.674. The fourth-order valence-corrected chi connectivity index (χ4v) is 5.04. The summed E-state index contributed by atoms with van der Waals surface area (Å²) in [6.07, 6.45) is 4.49. The molecule has 0 unspecified atom stereocenters. The Kier molecular flexibility index (Phi) is 5.57. The topological polar surface area (TPSA) is 80.1 Å². The summed E-state index contributed by atoms with van der Waals surface area (Å²) >= 11 is 0. The standard InChI is InChI=1S/C25H27N5O2/c1-17-4-2-6-21(28-17)16-29-13-19-10-20(15-29)23-8-7-22(25(32)30(23)14-19)24(31)27-12-18-5-3-9-26-11-18/h2-9,11,19-20H,10,12-16H2,1H3,(H,27,31)/t19-,20+/m0/s1. The number of hydrogen-bond donors (Lipinski definition) is 1. The van der Waals surface area contributed by atoms with Crippen molar-refractivity contribution in [3.8, 4) is 0 Å². The van der Waals surface area contributed by atoms with Crippen LogP contribution in [0.3, 0.4) is 0 Å². The van der Waals surface area contributed by atoms with Gasteiger partial charge in [0.25, 0.3) is 11.5 Å². The SMILES string of the molecule is Cc1cccc(CN2C[C@@H]3C[C@H](C2)c2ccc(C(=O)NCc4cccnc4)c(=O)n2C3)n1. The molecule has 5 rings (SSSR count). The van der Waals surface area contributed by atoms with Crippen LogP contribution >= 0.6 is 0 Å². The maximum absolute atomic E-state index is 13.2. The average molecular weight is 430 g/mol. The number of aryl methyl sites for hydroxylation is 1. The molecule has 2 bridgehead atoms. The molecule has 3 aromatic heterocycles. The molecule has 0 spiro atoms. The summed E-state index contributed by atoms with van der Waals surface area (Å²) in [7, 11) is 0. The van der Waals surface area contributed by atoms with Gasteiger partial charge in [-0.3, -0.25) is 24.5 Å². The van der Waals surface area contributed by atoms with Gasteiger partial charge in [-0.05, 0) is 55.2 Å². The molecule has 2 aliphatic rings. The number of carbonyl (C=O) groups excluding carboxylic acids is 1. The molecule has 2 atom stereocenters. The van der Waals surface area contributed by atoms with Crippen LogP contribution in [-0.4, -0.2) is 38.4 Å². The van der Waals surface area contributed by atoms with E-state index in [9.17, 15) is 9.59 Å². The van der Waals surface area contributed by atoms with E-state index in [-0.39, 0.29) is 17.0 Å². The third-order valence-corrected chi connectivity index (χ3v) is 6.43. The predicted octanol–water partition coefficient (Wildman–Crippen LogP) is 2.50. The van der Waals surface area contributed by atoms with E-state index in [0.29, 0.717) is 24.9 Å². The second-order valence-electron chi connectivity index (χ2n) is 8.89. The molecule has 0 saturated carbocycles. The van der Waals surface area contributed by atoms with Crippen molar-refractivity contribution >= 4 is 5.91 Å². The minimum atomic E-state index is -0.336. The number of pyridine rings is 3. The molecule has 7 nitrogen and oxygen atoms in total. The first-order valence-corrected chi connectivity index (χ1v) is 11.1. The summed E-state index contributed by atoms with van der Waals surface area (Å²) in [5, 5.41) is 2.84. The van der Waals surface area contributed by atoms with Crippen LogP contribution in [0.5, 0.6) is 0 Å². The number of amides is 1. The first-order valence-electron chi connectivity index (χ1n) is 11.1. The Morgan fingerprint density at radius 2 is 2.03 bits per heavy atom. The number of carbonyl (C=O) groups is 1. The fourth-order valence-electron chi connectivity index (χ4n) is 5.04. The molecule has 0 aromatic carbocycles. The maximum atomic E-state index is 13.2. The van der Waals surface area contributed by atoms with Crippen molar-refractivity contribution in [3.05, 3.63) is 93.4 Å². The van der Waals surface area contributed by atoms with Gasteiger partial charge >= 0.3 is 0 Å². The third-order valence-electron chi connectivity index (χ3n) is 6.43. The Bertz CT molecular complexity index is 1190. The summed E-state index contributed by atoms with van der Waals surface area (Å²) in [5.41, 5.74) is 4.08. The summed E-state index contributed by atoms with van der Waals surface area (Å²) < 4.78 is 1.83. The highest BCUT2D eigenvalue weighted by molar-refractivity contribution is 5.93. The lowest BCUT2D eigenvalue weighted by atomic mass is 9.83. The number of piperidine rings is 1. The van der Waals surface area contributed by atoms with Crippen molar-refractivity contribution in [1.29, 1.82) is 0 Å². The highest BCUT2D eigenvalue weighted by Crippen LogP contribution is 2.35. The van der Waals surface area contributed by atoms with E-state index in [1.807, 2.05) is 35.8 Å². The Labute approximate surface area is 187 Å². The summed E-state index contributed by atoms with van der Waals surface area (Å²) in [6, 6.07) is 13.5. The van der Waals surface area contributed by atoms with Crippen LogP contribution in [0.25, 0.3) is 0 Å². The second kappa shape index (κ2) is 8.67. The van der Waals surface area contributed by atoms with Crippen molar-refractivity contribution in [2.75, 3.05) is 13.1 Å². The van der Waals surface area contributed by atoms with Gasteiger partial charge < -0.3 is 9.88 Å². The molecule has 0 aliphatic carbocycles. The summed E-state index contributed by atoms with van der Waals surface area (Å²) in [4.78, 5) is 37.0. The average Bonchev–Trinajstić information content (AvgIpc) is 2.79. The zero-order valence-corrected chi connectivity index (χ0v) is 18.2. The molecule has 7 heteroatoms. The van der Waals surface area contributed by atoms with E-state index in [1.165, 1.54) is 0 Å². The lowest BCUT2D eigenvalue weighted by Crippen LogP contribution is -2.47. The number of nitrogens with zero attached hydrogens (tertiary/aromatic N) is 4. The molecule has 1 saturated heterocycles. The van der Waals surface area contributed by atoms with E-state index >= 15 is 0 Å². The molecular weight excluding hydrogens is 402 g/mol. The summed E-state index contributed by atoms with van der Waals surface area (Å²) in [5.74, 6) is 0.363. The van der Waals surface area contributed by atoms with Gasteiger partial charge in [0.15, 0.2) is 0 Å². The molecule has 1 fully saturated rings. The van der Waals surface area contributed by atoms with Crippen LogP contribution < -0.4 is 10.9 Å². The second-order valence-corrected chi connectivity index (χ2v) is 8.89. The molecule has 0 radical (unpaired) electrons. The first-order chi connectivity index (χ1) is 15.6. The predicted molar refractivity (Wildman–Crippen MR) is 121 cm³/mol. The molecule has 32 heavy (non-hydrogen) atoms. The number of likely N-dealkylation sites (tertiary alicyclic amines) is 1. The molecule has 1 amide bonds. The van der Waals surface area contributed by atoms with E-state index in [2.05, 4.69) is 32.3 Å². The molecule has 1 N–H and O–H groups in total. The van der Waals surface area contributed by atoms with Crippen LogP contribution in [0.4, 0.5) is 0 Å². The molecule has 164 valence electrons. The van der Waals surface area contributed by atoms with Gasteiger partial charge in [-0.25, -0.2) is 0 Å². The van der Waals surface area contributed by atoms with Gasteiger partial charge in [-0.1, -0.05) is 12.1 Å². The zero-order valence-electron chi connectivity index (χ0n) is 18.2. The lowest BCUT2D eigenvalue weighted by Gasteiger charge is -2.42. The first kappa shape index (κ1) is 20.6. The van der Waals surface area contributed by atoms with Crippen LogP contribution in [-0.2, 0) is 19.6 Å². The number of rotatable bonds is 5. The normalized spacial score (nSPS) is 19.9. The zero-order chi connectivity index (χ0) is 22.1. The van der Waals surface area contributed by atoms with Crippen LogP contribution in [0.2, 0.25) is 0 Å². The highest BCUT2D eigenvalue weighted by Gasteiger charge is 2.35. The summed E-state index contributed by atoms with van der Waals surface area (Å²) in [6.45, 7) is 5.69. The van der Waals surface area contributed by atoms with E-state index < -0.39 is 0 Å². The Morgan fingerprint density at radius 1 is 1.12 bits per heavy atom. The van der Waals surface area contributed by atoms with Gasteiger partial charge in [-0.15, -0.1) is 0 Å². The monoisotopic (exact) mass is 429 g/mol. The van der Waals surface area contributed by atoms with E-state index in [0.717, 1.165) is 48.7 Å². The molecular formula is C25H27N5O2. The number of aromatic nitrogens is 3. The van der Waals surface area contributed by atoms with E-state index in [4.69, 9.17) is 0 Å². The Balaban J connectivity index is 1.32. The smallest absolute Gasteiger partial charge is 0.263 e. The van der Waals surface area contributed by atoms with Crippen LogP contribution in [0.1, 0.15) is 45.3 Å². The maximum Gasteiger partial charge on any atom is 0.263 e. The minimum Gasteiger partial charge on any atom is -0.348 e. The van der Waals surface area contributed by atoms with Crippen LogP contribution in [0.15, 0.2) is 59.7 Å². The van der Waals surface area contributed by atoms with E-state index in [1.54, 1.807) is 18.5 Å². The molecule has 3 aromatic rings. The number of fused-ring (bicyclic) bond motifs is 4. The van der Waals surface area contributed by atoms with Gasteiger partial charge in [0.1, 0.15) is 5.56 Å². The third kappa shape index (κ3) is 4.21. The Morgan fingerprint density at radius 3 is 2.84 bits per heavy atom. The molecule has 2 aliphatic heterocycles. The fraction of sp³-hybridized carbons (Fsp3) is 0.360. The van der Waals surface area contributed by atoms with Crippen molar-refractivity contribution in [3.63, 3.8) is 0 Å². The van der Waals surface area contributed by atoms with Crippen molar-refractivity contribution in [1.82, 2.24) is 24.8 Å². The Hall–Kier alpha value is -3.32. The van der Waals surface area contributed by atoms with Crippen molar-refractivity contribution in [2.45, 2.75) is 38.9 Å². The van der Waals surface area contributed by atoms with Gasteiger partial charge in [-0.2, -0.15) is 0 Å². The number of nitrogens with one attached hydrogen (secondary N) is 1. The van der Waals surface area contributed by atoms with Gasteiger partial charge in [0.05, 0.1) is 5.69 Å². The minimum absolute atomic E-state index is 0.185. The number of hydrogen-bond acceptors (Lipinski definition) is 5. The van der Waals surface area contributed by atoms with Gasteiger partial charge in [0.2, 0.25) is 0 Å². The largest absolute Gasteiger partial charge is 0.348 e. The molecule has 5 heterocycles. The van der Waals surface area contributed by atoms with Crippen molar-refractivity contribution in [2.24, 2.45) is 5.92 Å².